The van der Waals surface area contributed by atoms with Crippen molar-refractivity contribution in [2.75, 3.05) is 6.54 Å². The third kappa shape index (κ3) is 4.84. The topological polar surface area (TPSA) is 74.8 Å². The Balaban J connectivity index is 1.75. The van der Waals surface area contributed by atoms with E-state index in [9.17, 15) is 8.42 Å². The van der Waals surface area contributed by atoms with Gasteiger partial charge >= 0.3 is 0 Å². The summed E-state index contributed by atoms with van der Waals surface area (Å²) in [5.74, 6) is 0.0273. The molecule has 6 heteroatoms. The third-order valence-electron chi connectivity index (χ3n) is 2.72. The van der Waals surface area contributed by atoms with Crippen LogP contribution in [0.5, 0.6) is 0 Å². The highest BCUT2D eigenvalue weighted by molar-refractivity contribution is 7.88. The minimum atomic E-state index is -3.25. The van der Waals surface area contributed by atoms with Crippen LogP contribution in [0.1, 0.15) is 17.5 Å². The molecule has 0 atom stereocenters. The van der Waals surface area contributed by atoms with Gasteiger partial charge in [0.1, 0.15) is 0 Å². The summed E-state index contributed by atoms with van der Waals surface area (Å²) in [5.41, 5.74) is 1.88. The quantitative estimate of drug-likeness (QED) is 0.753. The van der Waals surface area contributed by atoms with Gasteiger partial charge in [0.2, 0.25) is 10.0 Å². The molecule has 2 rings (SSSR count). The number of nitrogens with zero attached hydrogens (tertiary/aromatic N) is 1. The molecule has 0 saturated carbocycles. The maximum absolute atomic E-state index is 11.8. The summed E-state index contributed by atoms with van der Waals surface area (Å²) in [5, 5.41) is 6.57. The molecule has 0 aliphatic rings. The summed E-state index contributed by atoms with van der Waals surface area (Å²) >= 11 is 0. The minimum absolute atomic E-state index is 0.0273. The summed E-state index contributed by atoms with van der Waals surface area (Å²) < 4.78 is 26.3. The molecule has 0 spiro atoms. The van der Waals surface area contributed by atoms with Crippen LogP contribution in [0.4, 0.5) is 0 Å². The minimum Gasteiger partial charge on any atom is -0.285 e. The van der Waals surface area contributed by atoms with Crippen LogP contribution in [0.2, 0.25) is 0 Å². The Hall–Kier alpha value is -1.66. The lowest BCUT2D eigenvalue weighted by atomic mass is 10.2. The summed E-state index contributed by atoms with van der Waals surface area (Å²) in [6, 6.07) is 9.16. The van der Waals surface area contributed by atoms with Crippen LogP contribution in [-0.2, 0) is 22.2 Å². The van der Waals surface area contributed by atoms with Gasteiger partial charge in [-0.15, -0.1) is 0 Å². The van der Waals surface area contributed by atoms with Crippen molar-refractivity contribution in [2.45, 2.75) is 18.6 Å². The number of aromatic nitrogens is 2. The van der Waals surface area contributed by atoms with E-state index in [-0.39, 0.29) is 5.75 Å². The third-order valence-corrected chi connectivity index (χ3v) is 4.08. The first-order valence-corrected chi connectivity index (χ1v) is 7.80. The van der Waals surface area contributed by atoms with Crippen LogP contribution in [-0.4, -0.2) is 25.2 Å². The normalized spacial score (nSPS) is 11.6. The highest BCUT2D eigenvalue weighted by atomic mass is 32.2. The second-order valence-corrected chi connectivity index (χ2v) is 6.16. The highest BCUT2D eigenvalue weighted by Crippen LogP contribution is 2.04. The van der Waals surface area contributed by atoms with E-state index in [2.05, 4.69) is 14.9 Å². The molecular weight excluding hydrogens is 262 g/mol. The molecule has 2 N–H and O–H groups in total. The SMILES string of the molecule is O=S(=O)(Cc1ccccc1)NCCCc1cn[nH]c1. The van der Waals surface area contributed by atoms with Crippen LogP contribution in [0.25, 0.3) is 0 Å². The number of hydrogen-bond donors (Lipinski definition) is 2. The van der Waals surface area contributed by atoms with Gasteiger partial charge in [-0.3, -0.25) is 5.10 Å². The van der Waals surface area contributed by atoms with E-state index in [1.807, 2.05) is 36.5 Å². The second-order valence-electron chi connectivity index (χ2n) is 4.35. The van der Waals surface area contributed by atoms with E-state index in [1.165, 1.54) is 0 Å². The zero-order valence-electron chi connectivity index (χ0n) is 10.5. The summed E-state index contributed by atoms with van der Waals surface area (Å²) in [6.07, 6.45) is 5.13. The average molecular weight is 279 g/mol. The number of H-pyrrole nitrogens is 1. The zero-order valence-corrected chi connectivity index (χ0v) is 11.4. The van der Waals surface area contributed by atoms with Crippen molar-refractivity contribution < 1.29 is 8.42 Å². The van der Waals surface area contributed by atoms with Gasteiger partial charge in [-0.25, -0.2) is 13.1 Å². The molecule has 2 aromatic rings. The van der Waals surface area contributed by atoms with Gasteiger partial charge in [0.25, 0.3) is 0 Å². The van der Waals surface area contributed by atoms with Crippen LogP contribution in [0, 0.1) is 0 Å². The van der Waals surface area contributed by atoms with Crippen molar-refractivity contribution in [1.29, 1.82) is 0 Å². The highest BCUT2D eigenvalue weighted by Gasteiger charge is 2.10. The second kappa shape index (κ2) is 6.49. The molecule has 19 heavy (non-hydrogen) atoms. The number of aryl methyl sites for hydroxylation is 1. The maximum atomic E-state index is 11.8. The smallest absolute Gasteiger partial charge is 0.215 e. The molecule has 5 nitrogen and oxygen atoms in total. The van der Waals surface area contributed by atoms with E-state index in [4.69, 9.17) is 0 Å². The number of sulfonamides is 1. The Kier molecular flexibility index (Phi) is 4.70. The lowest BCUT2D eigenvalue weighted by Crippen LogP contribution is -2.26. The Morgan fingerprint density at radius 3 is 2.63 bits per heavy atom. The largest absolute Gasteiger partial charge is 0.285 e. The summed E-state index contributed by atoms with van der Waals surface area (Å²) in [6.45, 7) is 0.445. The number of hydrogen-bond acceptors (Lipinski definition) is 3. The molecule has 0 aliphatic carbocycles. The lowest BCUT2D eigenvalue weighted by molar-refractivity contribution is 0.578. The van der Waals surface area contributed by atoms with Crippen LogP contribution in [0.15, 0.2) is 42.7 Å². The molecule has 0 radical (unpaired) electrons. The lowest BCUT2D eigenvalue weighted by Gasteiger charge is -2.06. The number of benzene rings is 1. The van der Waals surface area contributed by atoms with E-state index in [1.54, 1.807) is 6.20 Å². The summed E-state index contributed by atoms with van der Waals surface area (Å²) in [7, 11) is -3.25. The summed E-state index contributed by atoms with van der Waals surface area (Å²) in [4.78, 5) is 0. The number of aromatic amines is 1. The molecule has 0 fully saturated rings. The molecule has 1 aromatic heterocycles. The molecule has 1 heterocycles. The van der Waals surface area contributed by atoms with E-state index < -0.39 is 10.0 Å². The van der Waals surface area contributed by atoms with Crippen molar-refractivity contribution >= 4 is 10.0 Å². The molecular formula is C13H17N3O2S. The Labute approximate surface area is 113 Å². The van der Waals surface area contributed by atoms with Crippen LogP contribution >= 0.6 is 0 Å². The van der Waals surface area contributed by atoms with Gasteiger partial charge in [-0.1, -0.05) is 30.3 Å². The Morgan fingerprint density at radius 1 is 1.16 bits per heavy atom. The number of nitrogens with one attached hydrogen (secondary N) is 2. The van der Waals surface area contributed by atoms with Crippen molar-refractivity contribution in [1.82, 2.24) is 14.9 Å². The molecule has 0 saturated heterocycles. The zero-order chi connectivity index (χ0) is 13.6. The molecule has 0 unspecified atom stereocenters. The predicted molar refractivity (Wildman–Crippen MR) is 74.0 cm³/mol. The predicted octanol–water partition coefficient (Wildman–Crippen LogP) is 1.46. The van der Waals surface area contributed by atoms with E-state index in [0.717, 1.165) is 24.0 Å². The van der Waals surface area contributed by atoms with Gasteiger partial charge in [-0.2, -0.15) is 5.10 Å². The van der Waals surface area contributed by atoms with Gasteiger partial charge < -0.3 is 0 Å². The number of rotatable bonds is 7. The first kappa shape index (κ1) is 13.8. The van der Waals surface area contributed by atoms with Crippen molar-refractivity contribution in [2.24, 2.45) is 0 Å². The van der Waals surface area contributed by atoms with Gasteiger partial charge in [0.15, 0.2) is 0 Å². The molecule has 0 bridgehead atoms. The van der Waals surface area contributed by atoms with Crippen molar-refractivity contribution in [3.63, 3.8) is 0 Å². The Bertz CT molecular complexity index is 580. The van der Waals surface area contributed by atoms with Crippen LogP contribution < -0.4 is 4.72 Å². The molecule has 0 aliphatic heterocycles. The monoisotopic (exact) mass is 279 g/mol. The van der Waals surface area contributed by atoms with E-state index in [0.29, 0.717) is 6.54 Å². The molecule has 1 aromatic carbocycles. The fourth-order valence-corrected chi connectivity index (χ4v) is 2.97. The fraction of sp³-hybridized carbons (Fsp3) is 0.308. The fourth-order valence-electron chi connectivity index (χ4n) is 1.78. The first-order valence-electron chi connectivity index (χ1n) is 6.15. The van der Waals surface area contributed by atoms with Gasteiger partial charge in [0.05, 0.1) is 11.9 Å². The Morgan fingerprint density at radius 2 is 1.95 bits per heavy atom. The molecule has 0 amide bonds. The van der Waals surface area contributed by atoms with Crippen molar-refractivity contribution in [3.05, 3.63) is 53.9 Å². The first-order chi connectivity index (χ1) is 9.16. The average Bonchev–Trinajstić information content (AvgIpc) is 2.88. The van der Waals surface area contributed by atoms with Gasteiger partial charge in [-0.05, 0) is 24.0 Å². The van der Waals surface area contributed by atoms with Gasteiger partial charge in [0, 0.05) is 12.7 Å². The maximum Gasteiger partial charge on any atom is 0.215 e. The van der Waals surface area contributed by atoms with Crippen molar-refractivity contribution in [3.8, 4) is 0 Å². The van der Waals surface area contributed by atoms with E-state index >= 15 is 0 Å². The molecule has 102 valence electrons. The van der Waals surface area contributed by atoms with Crippen LogP contribution in [0.3, 0.4) is 0 Å². The standard InChI is InChI=1S/C13H17N3O2S/c17-19(18,11-12-5-2-1-3-6-12)16-8-4-7-13-9-14-15-10-13/h1-3,5-6,9-10,16H,4,7-8,11H2,(H,14,15).